The molecule has 0 bridgehead atoms. The second-order valence-electron chi connectivity index (χ2n) is 5.21. The van der Waals surface area contributed by atoms with Gasteiger partial charge in [0, 0.05) is 6.07 Å². The summed E-state index contributed by atoms with van der Waals surface area (Å²) in [6.45, 7) is 0. The SMILES string of the molecule is Cl.NC1(c2noc(-c3ccc([N+](=O)[O-])cc3F)n2)CCCC1. The van der Waals surface area contributed by atoms with E-state index >= 15 is 0 Å². The van der Waals surface area contributed by atoms with Crippen LogP contribution >= 0.6 is 12.4 Å². The molecule has 2 N–H and O–H groups in total. The Morgan fingerprint density at radius 1 is 1.36 bits per heavy atom. The van der Waals surface area contributed by atoms with Crippen LogP contribution in [0.15, 0.2) is 22.7 Å². The number of rotatable bonds is 3. The van der Waals surface area contributed by atoms with Gasteiger partial charge < -0.3 is 10.3 Å². The number of nitrogens with zero attached hydrogens (tertiary/aromatic N) is 3. The largest absolute Gasteiger partial charge is 0.334 e. The van der Waals surface area contributed by atoms with Crippen LogP contribution in [0.4, 0.5) is 10.1 Å². The fourth-order valence-corrected chi connectivity index (χ4v) is 2.56. The number of hydrogen-bond donors (Lipinski definition) is 1. The number of nitro benzene ring substituents is 1. The fraction of sp³-hybridized carbons (Fsp3) is 0.385. The van der Waals surface area contributed by atoms with E-state index in [1.165, 1.54) is 12.1 Å². The number of non-ortho nitro benzene ring substituents is 1. The molecule has 0 amide bonds. The minimum Gasteiger partial charge on any atom is -0.334 e. The van der Waals surface area contributed by atoms with E-state index in [2.05, 4.69) is 10.1 Å². The van der Waals surface area contributed by atoms with Crippen LogP contribution in [0.5, 0.6) is 0 Å². The molecule has 0 atom stereocenters. The molecule has 0 saturated heterocycles. The van der Waals surface area contributed by atoms with Gasteiger partial charge in [-0.2, -0.15) is 4.98 Å². The first kappa shape index (κ1) is 16.3. The molecule has 118 valence electrons. The summed E-state index contributed by atoms with van der Waals surface area (Å²) >= 11 is 0. The van der Waals surface area contributed by atoms with Crippen molar-refractivity contribution < 1.29 is 13.8 Å². The van der Waals surface area contributed by atoms with Gasteiger partial charge in [0.25, 0.3) is 11.6 Å². The number of nitrogens with two attached hydrogens (primary N) is 1. The molecule has 0 radical (unpaired) electrons. The lowest BCUT2D eigenvalue weighted by atomic mass is 9.99. The van der Waals surface area contributed by atoms with Crippen molar-refractivity contribution in [3.05, 3.63) is 40.0 Å². The third-order valence-corrected chi connectivity index (χ3v) is 3.76. The van der Waals surface area contributed by atoms with E-state index in [-0.39, 0.29) is 29.5 Å². The number of benzene rings is 1. The van der Waals surface area contributed by atoms with Gasteiger partial charge in [0.1, 0.15) is 5.82 Å². The summed E-state index contributed by atoms with van der Waals surface area (Å²) < 4.78 is 19.0. The highest BCUT2D eigenvalue weighted by Gasteiger charge is 2.36. The van der Waals surface area contributed by atoms with E-state index in [9.17, 15) is 14.5 Å². The molecule has 1 fully saturated rings. The lowest BCUT2D eigenvalue weighted by Gasteiger charge is -2.17. The van der Waals surface area contributed by atoms with Crippen LogP contribution < -0.4 is 5.73 Å². The molecule has 1 heterocycles. The van der Waals surface area contributed by atoms with Gasteiger partial charge in [0.15, 0.2) is 5.82 Å². The predicted octanol–water partition coefficient (Wildman–Crippen LogP) is 2.93. The standard InChI is InChI=1S/C13H13FN4O3.ClH/c14-10-7-8(18(19)20)3-4-9(10)11-16-12(17-21-11)13(15)5-1-2-6-13;/h3-4,7H,1-2,5-6,15H2;1H. The zero-order valence-corrected chi connectivity index (χ0v) is 12.3. The van der Waals surface area contributed by atoms with Gasteiger partial charge >= 0.3 is 0 Å². The molecule has 1 aromatic heterocycles. The third kappa shape index (κ3) is 2.79. The highest BCUT2D eigenvalue weighted by atomic mass is 35.5. The smallest absolute Gasteiger partial charge is 0.272 e. The number of nitro groups is 1. The molecular formula is C13H14ClFN4O3. The molecule has 22 heavy (non-hydrogen) atoms. The van der Waals surface area contributed by atoms with Crippen LogP contribution in [0.3, 0.4) is 0 Å². The van der Waals surface area contributed by atoms with Crippen molar-refractivity contribution >= 4 is 18.1 Å². The Balaban J connectivity index is 0.00000176. The summed E-state index contributed by atoms with van der Waals surface area (Å²) in [7, 11) is 0. The average molecular weight is 329 g/mol. The second kappa shape index (κ2) is 5.98. The monoisotopic (exact) mass is 328 g/mol. The number of hydrogen-bond acceptors (Lipinski definition) is 6. The maximum Gasteiger partial charge on any atom is 0.272 e. The van der Waals surface area contributed by atoms with Crippen LogP contribution in [0.2, 0.25) is 0 Å². The molecule has 2 aromatic rings. The Morgan fingerprint density at radius 3 is 2.64 bits per heavy atom. The Hall–Kier alpha value is -2.06. The van der Waals surface area contributed by atoms with E-state index < -0.39 is 16.3 Å². The van der Waals surface area contributed by atoms with Crippen molar-refractivity contribution in [3.63, 3.8) is 0 Å². The van der Waals surface area contributed by atoms with Crippen molar-refractivity contribution in [1.82, 2.24) is 10.1 Å². The maximum atomic E-state index is 13.9. The minimum absolute atomic E-state index is 0. The van der Waals surface area contributed by atoms with Crippen molar-refractivity contribution in [2.45, 2.75) is 31.2 Å². The summed E-state index contributed by atoms with van der Waals surface area (Å²) in [5.41, 5.74) is 5.28. The molecular weight excluding hydrogens is 315 g/mol. The topological polar surface area (TPSA) is 108 Å². The van der Waals surface area contributed by atoms with Crippen molar-refractivity contribution in [2.75, 3.05) is 0 Å². The highest BCUT2D eigenvalue weighted by molar-refractivity contribution is 5.85. The van der Waals surface area contributed by atoms with Gasteiger partial charge in [-0.25, -0.2) is 4.39 Å². The van der Waals surface area contributed by atoms with Gasteiger partial charge in [0.2, 0.25) is 0 Å². The molecule has 0 aliphatic heterocycles. The van der Waals surface area contributed by atoms with Crippen molar-refractivity contribution in [3.8, 4) is 11.5 Å². The second-order valence-corrected chi connectivity index (χ2v) is 5.21. The molecule has 1 aromatic carbocycles. The summed E-state index contributed by atoms with van der Waals surface area (Å²) in [5.74, 6) is -0.446. The predicted molar refractivity (Wildman–Crippen MR) is 77.9 cm³/mol. The first-order valence-electron chi connectivity index (χ1n) is 6.57. The summed E-state index contributed by atoms with van der Waals surface area (Å²) in [6, 6.07) is 3.27. The van der Waals surface area contributed by atoms with E-state index in [0.717, 1.165) is 31.7 Å². The average Bonchev–Trinajstić information content (AvgIpc) is 3.08. The Kier molecular flexibility index (Phi) is 4.43. The Bertz CT molecular complexity index is 700. The lowest BCUT2D eigenvalue weighted by molar-refractivity contribution is -0.385. The summed E-state index contributed by atoms with van der Waals surface area (Å²) in [5, 5.41) is 14.4. The van der Waals surface area contributed by atoms with Gasteiger partial charge in [-0.1, -0.05) is 18.0 Å². The van der Waals surface area contributed by atoms with Crippen molar-refractivity contribution in [1.29, 1.82) is 0 Å². The lowest BCUT2D eigenvalue weighted by Crippen LogP contribution is -2.34. The van der Waals surface area contributed by atoms with Crippen LogP contribution in [0.1, 0.15) is 31.5 Å². The minimum atomic E-state index is -0.781. The highest BCUT2D eigenvalue weighted by Crippen LogP contribution is 2.35. The quantitative estimate of drug-likeness (QED) is 0.685. The molecule has 9 heteroatoms. The van der Waals surface area contributed by atoms with Gasteiger partial charge in [-0.3, -0.25) is 10.1 Å². The van der Waals surface area contributed by atoms with Crippen LogP contribution in [-0.4, -0.2) is 15.1 Å². The zero-order valence-electron chi connectivity index (χ0n) is 11.5. The molecule has 0 spiro atoms. The first-order chi connectivity index (χ1) is 9.99. The van der Waals surface area contributed by atoms with Crippen LogP contribution in [0, 0.1) is 15.9 Å². The zero-order chi connectivity index (χ0) is 15.0. The third-order valence-electron chi connectivity index (χ3n) is 3.76. The molecule has 0 unspecified atom stereocenters. The number of aromatic nitrogens is 2. The summed E-state index contributed by atoms with van der Waals surface area (Å²) in [4.78, 5) is 14.1. The van der Waals surface area contributed by atoms with Gasteiger partial charge in [-0.15, -0.1) is 12.4 Å². The van der Waals surface area contributed by atoms with Crippen LogP contribution in [0.25, 0.3) is 11.5 Å². The van der Waals surface area contributed by atoms with Crippen molar-refractivity contribution in [2.24, 2.45) is 5.73 Å². The maximum absolute atomic E-state index is 13.9. The molecule has 1 aliphatic carbocycles. The Labute approximate surface area is 131 Å². The van der Waals surface area contributed by atoms with Gasteiger partial charge in [-0.05, 0) is 18.9 Å². The number of halogens is 2. The molecule has 1 saturated carbocycles. The first-order valence-corrected chi connectivity index (χ1v) is 6.57. The van der Waals surface area contributed by atoms with Crippen LogP contribution in [-0.2, 0) is 5.54 Å². The summed E-state index contributed by atoms with van der Waals surface area (Å²) in [6.07, 6.45) is 3.50. The van der Waals surface area contributed by atoms with E-state index in [1.807, 2.05) is 0 Å². The normalized spacial score (nSPS) is 16.3. The molecule has 3 rings (SSSR count). The van der Waals surface area contributed by atoms with E-state index in [0.29, 0.717) is 5.82 Å². The Morgan fingerprint density at radius 2 is 2.05 bits per heavy atom. The fourth-order valence-electron chi connectivity index (χ4n) is 2.56. The van der Waals surface area contributed by atoms with E-state index in [1.54, 1.807) is 0 Å². The molecule has 1 aliphatic rings. The van der Waals surface area contributed by atoms with Gasteiger partial charge in [0.05, 0.1) is 22.1 Å². The molecule has 7 nitrogen and oxygen atoms in total. The van der Waals surface area contributed by atoms with E-state index in [4.69, 9.17) is 10.3 Å².